The van der Waals surface area contributed by atoms with Crippen molar-refractivity contribution in [2.45, 2.75) is 51.0 Å². The molecule has 0 unspecified atom stereocenters. The average molecular weight is 416 g/mol. The Hall–Kier alpha value is -2.46. The third kappa shape index (κ3) is 5.82. The Kier molecular flexibility index (Phi) is 7.52. The fourth-order valence-electron chi connectivity index (χ4n) is 4.37. The van der Waals surface area contributed by atoms with Gasteiger partial charge < -0.3 is 9.84 Å². The molecule has 0 radical (unpaired) electrons. The molecule has 3 heteroatoms. The number of hydrogen-bond donors (Lipinski definition) is 1. The van der Waals surface area contributed by atoms with Crippen molar-refractivity contribution in [2.75, 3.05) is 13.1 Å². The molecule has 0 bridgehead atoms. The molecule has 162 valence electrons. The molecule has 1 aliphatic heterocycles. The van der Waals surface area contributed by atoms with Gasteiger partial charge in [-0.1, -0.05) is 84.9 Å². The highest BCUT2D eigenvalue weighted by Gasteiger charge is 2.27. The number of benzene rings is 3. The number of rotatable bonds is 8. The van der Waals surface area contributed by atoms with Crippen molar-refractivity contribution in [3.63, 3.8) is 0 Å². The van der Waals surface area contributed by atoms with Gasteiger partial charge in [-0.15, -0.1) is 0 Å². The van der Waals surface area contributed by atoms with Gasteiger partial charge in [0.05, 0.1) is 6.10 Å². The van der Waals surface area contributed by atoms with E-state index in [0.29, 0.717) is 0 Å². The van der Waals surface area contributed by atoms with E-state index in [2.05, 4.69) is 77.7 Å². The van der Waals surface area contributed by atoms with Gasteiger partial charge in [0, 0.05) is 13.1 Å². The molecule has 2 atom stereocenters. The highest BCUT2D eigenvalue weighted by molar-refractivity contribution is 5.30. The molecule has 0 aliphatic carbocycles. The molecule has 0 aromatic heterocycles. The minimum atomic E-state index is -0.415. The van der Waals surface area contributed by atoms with Gasteiger partial charge in [-0.25, -0.2) is 0 Å². The second-order valence-electron chi connectivity index (χ2n) is 8.49. The number of piperidine rings is 1. The second kappa shape index (κ2) is 10.7. The molecular weight excluding hydrogens is 382 g/mol. The normalized spacial score (nSPS) is 18.2. The van der Waals surface area contributed by atoms with E-state index >= 15 is 0 Å². The fourth-order valence-corrected chi connectivity index (χ4v) is 4.37. The number of likely N-dealkylation sites (tertiary alicyclic amines) is 1. The molecule has 1 heterocycles. The lowest BCUT2D eigenvalue weighted by atomic mass is 10.0. The van der Waals surface area contributed by atoms with Crippen molar-refractivity contribution in [3.8, 4) is 0 Å². The molecule has 1 saturated heterocycles. The lowest BCUT2D eigenvalue weighted by Crippen LogP contribution is -2.43. The van der Waals surface area contributed by atoms with E-state index in [1.54, 1.807) is 6.92 Å². The van der Waals surface area contributed by atoms with Crippen LogP contribution in [0.5, 0.6) is 0 Å². The number of ether oxygens (including phenoxy) is 1. The summed E-state index contributed by atoms with van der Waals surface area (Å²) in [5.74, 6) is 0. The van der Waals surface area contributed by atoms with Crippen LogP contribution in [0.1, 0.15) is 60.6 Å². The number of aliphatic hydroxyl groups excluding tert-OH is 1. The first kappa shape index (κ1) is 21.8. The number of aliphatic hydroxyl groups is 1. The first-order valence-corrected chi connectivity index (χ1v) is 11.5. The molecule has 0 saturated carbocycles. The summed E-state index contributed by atoms with van der Waals surface area (Å²) in [6, 6.07) is 29.4. The Labute approximate surface area is 186 Å². The van der Waals surface area contributed by atoms with Crippen molar-refractivity contribution in [1.82, 2.24) is 4.90 Å². The van der Waals surface area contributed by atoms with Crippen molar-refractivity contribution in [3.05, 3.63) is 107 Å². The summed E-state index contributed by atoms with van der Waals surface area (Å²) in [5.41, 5.74) is 4.67. The van der Waals surface area contributed by atoms with Gasteiger partial charge in [-0.05, 0) is 54.9 Å². The van der Waals surface area contributed by atoms with Crippen LogP contribution in [0, 0.1) is 0 Å². The molecular formula is C28H33NO2. The predicted octanol–water partition coefficient (Wildman–Crippen LogP) is 5.90. The van der Waals surface area contributed by atoms with Crippen molar-refractivity contribution >= 4 is 0 Å². The van der Waals surface area contributed by atoms with E-state index in [9.17, 15) is 5.11 Å². The lowest BCUT2D eigenvalue weighted by molar-refractivity contribution is -0.105. The minimum absolute atomic E-state index is 0.0571. The Bertz CT molecular complexity index is 869. The highest BCUT2D eigenvalue weighted by atomic mass is 16.5. The smallest absolute Gasteiger partial charge is 0.111 e. The topological polar surface area (TPSA) is 32.7 Å². The molecule has 0 amide bonds. The van der Waals surface area contributed by atoms with Crippen molar-refractivity contribution in [2.24, 2.45) is 0 Å². The standard InChI is InChI=1S/C28H33NO2/c1-22(30)24-17-15-23(16-18-24)19-21-29-20-9-8-14-27(29)31-28(25-10-4-2-5-11-25)26-12-6-3-7-13-26/h2-7,10-13,15-18,22,27-28,30H,8-9,14,19-21H2,1H3/t22-,27-/m1/s1. The predicted molar refractivity (Wildman–Crippen MR) is 126 cm³/mol. The fraction of sp³-hybridized carbons (Fsp3) is 0.357. The van der Waals surface area contributed by atoms with Crippen LogP contribution in [0.25, 0.3) is 0 Å². The second-order valence-corrected chi connectivity index (χ2v) is 8.49. The molecule has 3 aromatic carbocycles. The zero-order chi connectivity index (χ0) is 21.5. The van der Waals surface area contributed by atoms with Crippen LogP contribution in [-0.2, 0) is 11.2 Å². The molecule has 0 spiro atoms. The molecule has 3 nitrogen and oxygen atoms in total. The largest absolute Gasteiger partial charge is 0.389 e. The molecule has 31 heavy (non-hydrogen) atoms. The third-order valence-electron chi connectivity index (χ3n) is 6.20. The summed E-state index contributed by atoms with van der Waals surface area (Å²) in [5, 5.41) is 9.73. The van der Waals surface area contributed by atoms with E-state index in [1.165, 1.54) is 29.5 Å². The van der Waals surface area contributed by atoms with Crippen LogP contribution in [0.4, 0.5) is 0 Å². The van der Waals surface area contributed by atoms with Crippen LogP contribution in [0.15, 0.2) is 84.9 Å². The quantitative estimate of drug-likeness (QED) is 0.497. The van der Waals surface area contributed by atoms with Crippen LogP contribution in [0.2, 0.25) is 0 Å². The van der Waals surface area contributed by atoms with Gasteiger partial charge in [0.1, 0.15) is 12.3 Å². The van der Waals surface area contributed by atoms with E-state index < -0.39 is 6.10 Å². The van der Waals surface area contributed by atoms with E-state index in [4.69, 9.17) is 4.74 Å². The molecule has 3 aromatic rings. The Balaban J connectivity index is 1.46. The van der Waals surface area contributed by atoms with Crippen LogP contribution in [0.3, 0.4) is 0 Å². The van der Waals surface area contributed by atoms with Crippen LogP contribution < -0.4 is 0 Å². The number of nitrogens with zero attached hydrogens (tertiary/aromatic N) is 1. The Morgan fingerprint density at radius 2 is 1.45 bits per heavy atom. The van der Waals surface area contributed by atoms with Gasteiger partial charge >= 0.3 is 0 Å². The summed E-state index contributed by atoms with van der Waals surface area (Å²) in [6.07, 6.45) is 4.14. The van der Waals surface area contributed by atoms with Gasteiger partial charge in [0.2, 0.25) is 0 Å². The molecule has 1 fully saturated rings. The SMILES string of the molecule is C[C@@H](O)c1ccc(CCN2CCCC[C@H]2OC(c2ccccc2)c2ccccc2)cc1. The first-order valence-electron chi connectivity index (χ1n) is 11.5. The summed E-state index contributed by atoms with van der Waals surface area (Å²) < 4.78 is 6.81. The average Bonchev–Trinajstić information content (AvgIpc) is 2.83. The number of hydrogen-bond acceptors (Lipinski definition) is 3. The zero-order valence-electron chi connectivity index (χ0n) is 18.4. The highest BCUT2D eigenvalue weighted by Crippen LogP contribution is 2.31. The maximum absolute atomic E-state index is 9.73. The van der Waals surface area contributed by atoms with E-state index in [1.807, 2.05) is 12.1 Å². The maximum Gasteiger partial charge on any atom is 0.111 e. The minimum Gasteiger partial charge on any atom is -0.389 e. The lowest BCUT2D eigenvalue weighted by Gasteiger charge is -2.38. The van der Waals surface area contributed by atoms with Gasteiger partial charge in [0.25, 0.3) is 0 Å². The van der Waals surface area contributed by atoms with Gasteiger partial charge in [0.15, 0.2) is 0 Å². The molecule has 4 rings (SSSR count). The zero-order valence-corrected chi connectivity index (χ0v) is 18.4. The van der Waals surface area contributed by atoms with E-state index in [-0.39, 0.29) is 12.3 Å². The van der Waals surface area contributed by atoms with Crippen molar-refractivity contribution in [1.29, 1.82) is 0 Å². The third-order valence-corrected chi connectivity index (χ3v) is 6.20. The first-order chi connectivity index (χ1) is 15.2. The van der Waals surface area contributed by atoms with Crippen molar-refractivity contribution < 1.29 is 9.84 Å². The van der Waals surface area contributed by atoms with Gasteiger partial charge in [-0.3, -0.25) is 4.90 Å². The van der Waals surface area contributed by atoms with Crippen LogP contribution >= 0.6 is 0 Å². The Morgan fingerprint density at radius 1 is 0.839 bits per heavy atom. The molecule has 1 N–H and O–H groups in total. The van der Waals surface area contributed by atoms with E-state index in [0.717, 1.165) is 31.5 Å². The molecule has 1 aliphatic rings. The van der Waals surface area contributed by atoms with Gasteiger partial charge in [-0.2, -0.15) is 0 Å². The monoisotopic (exact) mass is 415 g/mol. The summed E-state index contributed by atoms with van der Waals surface area (Å²) in [4.78, 5) is 2.50. The Morgan fingerprint density at radius 3 is 2.03 bits per heavy atom. The maximum atomic E-state index is 9.73. The summed E-state index contributed by atoms with van der Waals surface area (Å²) in [7, 11) is 0. The summed E-state index contributed by atoms with van der Waals surface area (Å²) in [6.45, 7) is 3.86. The van der Waals surface area contributed by atoms with Crippen LogP contribution in [-0.4, -0.2) is 29.3 Å². The summed E-state index contributed by atoms with van der Waals surface area (Å²) >= 11 is 0.